The second-order valence-electron chi connectivity index (χ2n) is 6.50. The lowest BCUT2D eigenvalue weighted by Gasteiger charge is -2.24. The van der Waals surface area contributed by atoms with Crippen molar-refractivity contribution in [2.75, 3.05) is 0 Å². The van der Waals surface area contributed by atoms with Crippen LogP contribution in [0.5, 0.6) is 0 Å². The minimum Gasteiger partial charge on any atom is -0.306 e. The van der Waals surface area contributed by atoms with Crippen molar-refractivity contribution in [3.63, 3.8) is 0 Å². The fraction of sp³-hybridized carbons (Fsp3) is 0.556. The smallest absolute Gasteiger partial charge is 0.0391 e. The molecule has 0 aliphatic heterocycles. The van der Waals surface area contributed by atoms with Crippen molar-refractivity contribution in [3.05, 3.63) is 34.7 Å². The molecule has 0 bridgehead atoms. The Morgan fingerprint density at radius 3 is 2.60 bits per heavy atom. The lowest BCUT2D eigenvalue weighted by molar-refractivity contribution is 0.348. The Morgan fingerprint density at radius 2 is 1.95 bits per heavy atom. The first kappa shape index (κ1) is 14.1. The quantitative estimate of drug-likeness (QED) is 0.808. The molecule has 4 atom stereocenters. The maximum atomic E-state index is 3.89. The number of benzene rings is 1. The van der Waals surface area contributed by atoms with Crippen molar-refractivity contribution in [1.82, 2.24) is 5.32 Å². The predicted octanol–water partition coefficient (Wildman–Crippen LogP) is 5.29. The van der Waals surface area contributed by atoms with Crippen LogP contribution < -0.4 is 5.32 Å². The fourth-order valence-corrected chi connectivity index (χ4v) is 4.83. The maximum absolute atomic E-state index is 3.89. The van der Waals surface area contributed by atoms with E-state index < -0.39 is 0 Å². The highest BCUT2D eigenvalue weighted by molar-refractivity contribution is 7.19. The summed E-state index contributed by atoms with van der Waals surface area (Å²) in [5.41, 5.74) is 1.46. The number of fused-ring (bicyclic) bond motifs is 1. The van der Waals surface area contributed by atoms with Gasteiger partial charge in [-0.15, -0.1) is 11.3 Å². The molecule has 4 unspecified atom stereocenters. The first-order valence-corrected chi connectivity index (χ1v) is 8.63. The topological polar surface area (TPSA) is 12.0 Å². The summed E-state index contributed by atoms with van der Waals surface area (Å²) in [6, 6.07) is 9.92. The third-order valence-corrected chi connectivity index (χ3v) is 6.66. The van der Waals surface area contributed by atoms with Gasteiger partial charge in [-0.2, -0.15) is 0 Å². The highest BCUT2D eigenvalue weighted by Crippen LogP contribution is 2.37. The van der Waals surface area contributed by atoms with Crippen molar-refractivity contribution in [2.24, 2.45) is 11.8 Å². The molecule has 108 valence electrons. The SMILES string of the molecule is Cc1c(C(C)NC2CCC(C)C2C)sc2ccccc12. The van der Waals surface area contributed by atoms with E-state index in [9.17, 15) is 0 Å². The highest BCUT2D eigenvalue weighted by Gasteiger charge is 2.31. The second kappa shape index (κ2) is 5.50. The fourth-order valence-electron chi connectivity index (χ4n) is 3.60. The molecule has 1 aliphatic rings. The van der Waals surface area contributed by atoms with Gasteiger partial charge in [-0.3, -0.25) is 0 Å². The van der Waals surface area contributed by atoms with Gasteiger partial charge in [0.15, 0.2) is 0 Å². The molecule has 1 aliphatic carbocycles. The van der Waals surface area contributed by atoms with Crippen LogP contribution in [-0.4, -0.2) is 6.04 Å². The molecule has 0 radical (unpaired) electrons. The lowest BCUT2D eigenvalue weighted by atomic mass is 9.97. The second-order valence-corrected chi connectivity index (χ2v) is 7.58. The number of rotatable bonds is 3. The summed E-state index contributed by atoms with van der Waals surface area (Å²) in [5, 5.41) is 5.31. The Balaban J connectivity index is 1.82. The number of hydrogen-bond acceptors (Lipinski definition) is 2. The summed E-state index contributed by atoms with van der Waals surface area (Å²) < 4.78 is 1.42. The third-order valence-electron chi connectivity index (χ3n) is 5.20. The molecule has 2 heteroatoms. The molecule has 0 saturated heterocycles. The van der Waals surface area contributed by atoms with Crippen molar-refractivity contribution in [1.29, 1.82) is 0 Å². The summed E-state index contributed by atoms with van der Waals surface area (Å²) in [5.74, 6) is 1.66. The molecule has 1 saturated carbocycles. The van der Waals surface area contributed by atoms with Crippen LogP contribution in [-0.2, 0) is 0 Å². The van der Waals surface area contributed by atoms with Crippen LogP contribution in [0.15, 0.2) is 24.3 Å². The van der Waals surface area contributed by atoms with Crippen molar-refractivity contribution >= 4 is 21.4 Å². The Bertz CT molecular complexity index is 600. The third kappa shape index (κ3) is 2.40. The summed E-state index contributed by atoms with van der Waals surface area (Å²) >= 11 is 1.95. The van der Waals surface area contributed by atoms with Gasteiger partial charge in [0.1, 0.15) is 0 Å². The number of aryl methyl sites for hydroxylation is 1. The molecule has 1 fully saturated rings. The van der Waals surface area contributed by atoms with Gasteiger partial charge >= 0.3 is 0 Å². The molecule has 1 N–H and O–H groups in total. The van der Waals surface area contributed by atoms with E-state index in [0.717, 1.165) is 11.8 Å². The van der Waals surface area contributed by atoms with Crippen LogP contribution in [0, 0.1) is 18.8 Å². The van der Waals surface area contributed by atoms with Crippen molar-refractivity contribution < 1.29 is 0 Å². The van der Waals surface area contributed by atoms with E-state index in [4.69, 9.17) is 0 Å². The maximum Gasteiger partial charge on any atom is 0.0391 e. The van der Waals surface area contributed by atoms with Gasteiger partial charge in [0, 0.05) is 21.7 Å². The van der Waals surface area contributed by atoms with Gasteiger partial charge in [-0.05, 0) is 55.5 Å². The van der Waals surface area contributed by atoms with Gasteiger partial charge < -0.3 is 5.32 Å². The van der Waals surface area contributed by atoms with E-state index in [1.54, 1.807) is 0 Å². The van der Waals surface area contributed by atoms with Gasteiger partial charge in [-0.25, -0.2) is 0 Å². The average Bonchev–Trinajstić information content (AvgIpc) is 2.94. The van der Waals surface area contributed by atoms with Crippen molar-refractivity contribution in [3.8, 4) is 0 Å². The molecule has 1 aromatic carbocycles. The molecule has 1 nitrogen and oxygen atoms in total. The summed E-state index contributed by atoms with van der Waals surface area (Å²) in [6.07, 6.45) is 2.70. The minimum absolute atomic E-state index is 0.463. The molecule has 0 amide bonds. The average molecular weight is 287 g/mol. The molecular weight excluding hydrogens is 262 g/mol. The monoisotopic (exact) mass is 287 g/mol. The van der Waals surface area contributed by atoms with E-state index in [0.29, 0.717) is 12.1 Å². The van der Waals surface area contributed by atoms with Crippen LogP contribution in [0.3, 0.4) is 0 Å². The molecule has 1 heterocycles. The summed E-state index contributed by atoms with van der Waals surface area (Å²) in [7, 11) is 0. The zero-order valence-corrected chi connectivity index (χ0v) is 13.8. The zero-order valence-electron chi connectivity index (χ0n) is 12.9. The Labute approximate surface area is 126 Å². The van der Waals surface area contributed by atoms with E-state index in [1.165, 1.54) is 33.4 Å². The van der Waals surface area contributed by atoms with E-state index >= 15 is 0 Å². The van der Waals surface area contributed by atoms with E-state index in [2.05, 4.69) is 57.3 Å². The number of hydrogen-bond donors (Lipinski definition) is 1. The Kier molecular flexibility index (Phi) is 3.87. The zero-order chi connectivity index (χ0) is 14.3. The largest absolute Gasteiger partial charge is 0.306 e. The molecule has 3 rings (SSSR count). The normalized spacial score (nSPS) is 28.1. The summed E-state index contributed by atoms with van der Waals surface area (Å²) in [6.45, 7) is 9.39. The van der Waals surface area contributed by atoms with Gasteiger partial charge in [0.05, 0.1) is 0 Å². The number of nitrogens with one attached hydrogen (secondary N) is 1. The van der Waals surface area contributed by atoms with E-state index in [1.807, 2.05) is 11.3 Å². The predicted molar refractivity (Wildman–Crippen MR) is 89.5 cm³/mol. The highest BCUT2D eigenvalue weighted by atomic mass is 32.1. The van der Waals surface area contributed by atoms with Crippen LogP contribution in [0.4, 0.5) is 0 Å². The Hall–Kier alpha value is -0.860. The van der Waals surface area contributed by atoms with Crippen molar-refractivity contribution in [2.45, 2.75) is 52.6 Å². The first-order valence-electron chi connectivity index (χ1n) is 7.82. The number of thiophene rings is 1. The standard InChI is InChI=1S/C18H25NS/c1-11-9-10-16(12(11)2)19-14(4)18-13(3)15-7-5-6-8-17(15)20-18/h5-8,11-12,14,16,19H,9-10H2,1-4H3. The summed E-state index contributed by atoms with van der Waals surface area (Å²) in [4.78, 5) is 1.51. The Morgan fingerprint density at radius 1 is 1.20 bits per heavy atom. The lowest BCUT2D eigenvalue weighted by Crippen LogP contribution is -2.34. The molecule has 20 heavy (non-hydrogen) atoms. The molecule has 1 aromatic heterocycles. The van der Waals surface area contributed by atoms with Gasteiger partial charge in [0.2, 0.25) is 0 Å². The van der Waals surface area contributed by atoms with Crippen LogP contribution in [0.1, 0.15) is 50.1 Å². The molecule has 2 aromatic rings. The first-order chi connectivity index (χ1) is 9.58. The van der Waals surface area contributed by atoms with Gasteiger partial charge in [0.25, 0.3) is 0 Å². The van der Waals surface area contributed by atoms with Crippen LogP contribution in [0.2, 0.25) is 0 Å². The van der Waals surface area contributed by atoms with Crippen LogP contribution >= 0.6 is 11.3 Å². The van der Waals surface area contributed by atoms with E-state index in [-0.39, 0.29) is 0 Å². The molecule has 0 spiro atoms. The minimum atomic E-state index is 0.463. The van der Waals surface area contributed by atoms with Gasteiger partial charge in [-0.1, -0.05) is 32.0 Å². The van der Waals surface area contributed by atoms with Crippen LogP contribution in [0.25, 0.3) is 10.1 Å². The molecular formula is C18H25NS.